The Hall–Kier alpha value is -1.02. The summed E-state index contributed by atoms with van der Waals surface area (Å²) in [4.78, 5) is 0. The van der Waals surface area contributed by atoms with E-state index in [1.807, 2.05) is 7.05 Å². The second-order valence-electron chi connectivity index (χ2n) is 7.39. The standard InChI is InChI=1S/C17H27NO/c1-11-8-12-14(18-7)10-17(5,6)19-15(12)13(9-11)16(2,3)4/h8-9,14,18H,10H2,1-7H3. The summed E-state index contributed by atoms with van der Waals surface area (Å²) in [5.41, 5.74) is 3.92. The molecule has 2 nitrogen and oxygen atoms in total. The lowest BCUT2D eigenvalue weighted by Crippen LogP contribution is -2.39. The summed E-state index contributed by atoms with van der Waals surface area (Å²) in [6, 6.07) is 4.91. The van der Waals surface area contributed by atoms with Crippen LogP contribution in [-0.2, 0) is 5.41 Å². The molecule has 1 unspecified atom stereocenters. The van der Waals surface area contributed by atoms with Crippen molar-refractivity contribution in [2.75, 3.05) is 7.05 Å². The lowest BCUT2D eigenvalue weighted by Gasteiger charge is -2.40. The minimum atomic E-state index is -0.115. The van der Waals surface area contributed by atoms with Gasteiger partial charge in [0.05, 0.1) is 0 Å². The highest BCUT2D eigenvalue weighted by atomic mass is 16.5. The number of ether oxygens (including phenoxy) is 1. The molecule has 1 aromatic carbocycles. The molecule has 1 atom stereocenters. The van der Waals surface area contributed by atoms with Gasteiger partial charge in [-0.3, -0.25) is 0 Å². The minimum Gasteiger partial charge on any atom is -0.487 e. The van der Waals surface area contributed by atoms with E-state index in [0.717, 1.165) is 12.2 Å². The summed E-state index contributed by atoms with van der Waals surface area (Å²) in [5, 5.41) is 3.44. The van der Waals surface area contributed by atoms with Crippen LogP contribution in [0.15, 0.2) is 12.1 Å². The largest absolute Gasteiger partial charge is 0.487 e. The highest BCUT2D eigenvalue weighted by Crippen LogP contribution is 2.45. The van der Waals surface area contributed by atoms with E-state index in [-0.39, 0.29) is 11.0 Å². The van der Waals surface area contributed by atoms with E-state index in [2.05, 4.69) is 59.0 Å². The molecule has 0 saturated carbocycles. The first-order valence-electron chi connectivity index (χ1n) is 7.15. The minimum absolute atomic E-state index is 0.0990. The fourth-order valence-corrected chi connectivity index (χ4v) is 2.91. The Labute approximate surface area is 117 Å². The van der Waals surface area contributed by atoms with Crippen molar-refractivity contribution >= 4 is 0 Å². The molecule has 0 aromatic heterocycles. The van der Waals surface area contributed by atoms with Gasteiger partial charge in [-0.1, -0.05) is 38.5 Å². The molecule has 1 N–H and O–H groups in total. The molecule has 1 aromatic rings. The van der Waals surface area contributed by atoms with Crippen molar-refractivity contribution in [3.8, 4) is 5.75 Å². The number of hydrogen-bond donors (Lipinski definition) is 1. The van der Waals surface area contributed by atoms with Crippen molar-refractivity contribution in [1.82, 2.24) is 5.32 Å². The molecule has 0 aliphatic carbocycles. The Morgan fingerprint density at radius 3 is 2.42 bits per heavy atom. The Kier molecular flexibility index (Phi) is 3.42. The molecule has 0 saturated heterocycles. The predicted octanol–water partition coefficient (Wildman–Crippen LogP) is 4.11. The number of aryl methyl sites for hydroxylation is 1. The van der Waals surface area contributed by atoms with Gasteiger partial charge in [-0.25, -0.2) is 0 Å². The quantitative estimate of drug-likeness (QED) is 0.821. The molecule has 0 bridgehead atoms. The van der Waals surface area contributed by atoms with Crippen molar-refractivity contribution in [2.24, 2.45) is 0 Å². The molecular weight excluding hydrogens is 234 g/mol. The third-order valence-corrected chi connectivity index (χ3v) is 3.87. The monoisotopic (exact) mass is 261 g/mol. The Balaban J connectivity index is 2.65. The third kappa shape index (κ3) is 2.79. The van der Waals surface area contributed by atoms with Crippen molar-refractivity contribution in [3.05, 3.63) is 28.8 Å². The number of hydrogen-bond acceptors (Lipinski definition) is 2. The first-order valence-corrected chi connectivity index (χ1v) is 7.15. The Morgan fingerprint density at radius 1 is 1.26 bits per heavy atom. The van der Waals surface area contributed by atoms with E-state index in [0.29, 0.717) is 6.04 Å². The van der Waals surface area contributed by atoms with Gasteiger partial charge < -0.3 is 10.1 Å². The van der Waals surface area contributed by atoms with Crippen LogP contribution in [0.25, 0.3) is 0 Å². The first kappa shape index (κ1) is 14.4. The van der Waals surface area contributed by atoms with E-state index in [9.17, 15) is 0 Å². The first-order chi connectivity index (χ1) is 8.64. The Morgan fingerprint density at radius 2 is 1.89 bits per heavy atom. The van der Waals surface area contributed by atoms with Crippen LogP contribution in [0.3, 0.4) is 0 Å². The average Bonchev–Trinajstić information content (AvgIpc) is 2.25. The van der Waals surface area contributed by atoms with Gasteiger partial charge in [0.2, 0.25) is 0 Å². The van der Waals surface area contributed by atoms with Crippen LogP contribution in [0.2, 0.25) is 0 Å². The van der Waals surface area contributed by atoms with Gasteiger partial charge in [0.15, 0.2) is 0 Å². The number of benzene rings is 1. The second-order valence-corrected chi connectivity index (χ2v) is 7.39. The molecule has 2 rings (SSSR count). The van der Waals surface area contributed by atoms with Crippen LogP contribution in [0.5, 0.6) is 5.75 Å². The van der Waals surface area contributed by atoms with Gasteiger partial charge in [-0.15, -0.1) is 0 Å². The highest BCUT2D eigenvalue weighted by molar-refractivity contribution is 5.50. The summed E-state index contributed by atoms with van der Waals surface area (Å²) in [7, 11) is 2.04. The van der Waals surface area contributed by atoms with E-state index < -0.39 is 0 Å². The molecule has 0 fully saturated rings. The molecule has 106 valence electrons. The van der Waals surface area contributed by atoms with Crippen molar-refractivity contribution in [3.63, 3.8) is 0 Å². The maximum absolute atomic E-state index is 6.32. The van der Waals surface area contributed by atoms with Gasteiger partial charge >= 0.3 is 0 Å². The predicted molar refractivity (Wildman–Crippen MR) is 81.0 cm³/mol. The number of fused-ring (bicyclic) bond motifs is 1. The van der Waals surface area contributed by atoms with Crippen LogP contribution < -0.4 is 10.1 Å². The summed E-state index contributed by atoms with van der Waals surface area (Å²) in [6.45, 7) is 13.3. The summed E-state index contributed by atoms with van der Waals surface area (Å²) < 4.78 is 6.32. The fraction of sp³-hybridized carbons (Fsp3) is 0.647. The van der Waals surface area contributed by atoms with Crippen molar-refractivity contribution < 1.29 is 4.74 Å². The summed E-state index contributed by atoms with van der Waals surface area (Å²) in [6.07, 6.45) is 1.00. The summed E-state index contributed by atoms with van der Waals surface area (Å²) >= 11 is 0. The van der Waals surface area contributed by atoms with Gasteiger partial charge in [-0.2, -0.15) is 0 Å². The maximum atomic E-state index is 6.32. The zero-order chi connectivity index (χ0) is 14.4. The third-order valence-electron chi connectivity index (χ3n) is 3.87. The smallest absolute Gasteiger partial charge is 0.128 e. The number of rotatable bonds is 1. The topological polar surface area (TPSA) is 21.3 Å². The van der Waals surface area contributed by atoms with E-state index in [1.165, 1.54) is 16.7 Å². The van der Waals surface area contributed by atoms with Crippen LogP contribution in [0.4, 0.5) is 0 Å². The molecule has 1 aliphatic rings. The lowest BCUT2D eigenvalue weighted by atomic mass is 9.80. The molecule has 0 amide bonds. The molecule has 0 radical (unpaired) electrons. The average molecular weight is 261 g/mol. The molecule has 1 aliphatic heterocycles. The highest BCUT2D eigenvalue weighted by Gasteiger charge is 2.36. The lowest BCUT2D eigenvalue weighted by molar-refractivity contribution is 0.0650. The molecule has 1 heterocycles. The van der Waals surface area contributed by atoms with E-state index in [1.54, 1.807) is 0 Å². The van der Waals surface area contributed by atoms with Crippen molar-refractivity contribution in [2.45, 2.75) is 65.0 Å². The molecule has 19 heavy (non-hydrogen) atoms. The van der Waals surface area contributed by atoms with Crippen LogP contribution in [-0.4, -0.2) is 12.6 Å². The van der Waals surface area contributed by atoms with Crippen LogP contribution in [0.1, 0.15) is 63.8 Å². The van der Waals surface area contributed by atoms with Crippen LogP contribution >= 0.6 is 0 Å². The van der Waals surface area contributed by atoms with Crippen LogP contribution in [0, 0.1) is 6.92 Å². The van der Waals surface area contributed by atoms with Gasteiger partial charge in [0.1, 0.15) is 11.4 Å². The zero-order valence-electron chi connectivity index (χ0n) is 13.3. The normalized spacial score (nSPS) is 21.7. The summed E-state index contributed by atoms with van der Waals surface area (Å²) in [5.74, 6) is 1.09. The van der Waals surface area contributed by atoms with E-state index >= 15 is 0 Å². The molecule has 2 heteroatoms. The number of nitrogens with one attached hydrogen (secondary N) is 1. The fourth-order valence-electron chi connectivity index (χ4n) is 2.91. The van der Waals surface area contributed by atoms with Crippen molar-refractivity contribution in [1.29, 1.82) is 0 Å². The SMILES string of the molecule is CNC1CC(C)(C)Oc2c1cc(C)cc2C(C)(C)C. The van der Waals surface area contributed by atoms with E-state index in [4.69, 9.17) is 4.74 Å². The zero-order valence-corrected chi connectivity index (χ0v) is 13.3. The molecular formula is C17H27NO. The maximum Gasteiger partial charge on any atom is 0.128 e. The van der Waals surface area contributed by atoms with Gasteiger partial charge in [-0.05, 0) is 33.2 Å². The Bertz CT molecular complexity index is 483. The second kappa shape index (κ2) is 4.52. The van der Waals surface area contributed by atoms with Gasteiger partial charge in [0.25, 0.3) is 0 Å². The van der Waals surface area contributed by atoms with Gasteiger partial charge in [0, 0.05) is 23.6 Å². The molecule has 0 spiro atoms.